The number of likely N-dealkylation sites (tertiary alicyclic amines) is 2. The molecule has 33 heavy (non-hydrogen) atoms. The summed E-state index contributed by atoms with van der Waals surface area (Å²) < 4.78 is 19.4. The van der Waals surface area contributed by atoms with Crippen LogP contribution in [0.3, 0.4) is 0 Å². The van der Waals surface area contributed by atoms with Crippen molar-refractivity contribution in [1.29, 1.82) is 0 Å². The Bertz CT molecular complexity index is 978. The van der Waals surface area contributed by atoms with E-state index in [1.54, 1.807) is 41.3 Å². The molecule has 2 fully saturated rings. The zero-order chi connectivity index (χ0) is 23.3. The van der Waals surface area contributed by atoms with E-state index in [9.17, 15) is 14.0 Å². The second kappa shape index (κ2) is 10.6. The topological polar surface area (TPSA) is 49.9 Å². The highest BCUT2D eigenvalue weighted by Crippen LogP contribution is 2.36. The molecule has 0 spiro atoms. The minimum atomic E-state index is -0.516. The predicted molar refractivity (Wildman–Crippen MR) is 126 cm³/mol. The summed E-state index contributed by atoms with van der Waals surface area (Å²) >= 11 is 6.29. The Balaban J connectivity index is 1.54. The first-order chi connectivity index (χ1) is 16.0. The van der Waals surface area contributed by atoms with Crippen molar-refractivity contribution < 1.29 is 18.7 Å². The number of rotatable bonds is 6. The number of hydrogen-bond acceptors (Lipinski definition) is 3. The summed E-state index contributed by atoms with van der Waals surface area (Å²) in [5.41, 5.74) is -0.0466. The molecule has 0 N–H and O–H groups in total. The lowest BCUT2D eigenvalue weighted by Crippen LogP contribution is -2.51. The van der Waals surface area contributed by atoms with Gasteiger partial charge in [-0.15, -0.1) is 0 Å². The summed E-state index contributed by atoms with van der Waals surface area (Å²) in [5.74, 6) is 0.212. The molecule has 0 aliphatic carbocycles. The molecule has 0 saturated carbocycles. The van der Waals surface area contributed by atoms with Crippen LogP contribution in [0.15, 0.2) is 48.5 Å². The van der Waals surface area contributed by atoms with Crippen LogP contribution in [0.1, 0.15) is 48.9 Å². The number of benzene rings is 2. The van der Waals surface area contributed by atoms with Gasteiger partial charge in [0, 0.05) is 38.0 Å². The maximum Gasteiger partial charge on any atom is 0.255 e. The summed E-state index contributed by atoms with van der Waals surface area (Å²) in [6.45, 7) is 2.88. The molecule has 5 nitrogen and oxygen atoms in total. The lowest BCUT2D eigenvalue weighted by atomic mass is 9.77. The van der Waals surface area contributed by atoms with Crippen LogP contribution in [0.5, 0.6) is 5.75 Å². The number of halogens is 2. The van der Waals surface area contributed by atoms with Gasteiger partial charge >= 0.3 is 0 Å². The van der Waals surface area contributed by atoms with Crippen LogP contribution >= 0.6 is 11.6 Å². The van der Waals surface area contributed by atoms with Crippen molar-refractivity contribution in [3.63, 3.8) is 0 Å². The zero-order valence-electron chi connectivity index (χ0n) is 18.8. The van der Waals surface area contributed by atoms with E-state index in [4.69, 9.17) is 16.3 Å². The second-order valence-corrected chi connectivity index (χ2v) is 9.58. The SMILES string of the molecule is O=C(C[C@@]1(COc2ccc(F)cc2)CCCN(C(=O)c2ccccc2Cl)C1)N1CCCCC1. The van der Waals surface area contributed by atoms with Gasteiger partial charge in [0.15, 0.2) is 0 Å². The van der Waals surface area contributed by atoms with Crippen molar-refractivity contribution in [3.8, 4) is 5.75 Å². The maximum atomic E-state index is 13.3. The summed E-state index contributed by atoms with van der Waals surface area (Å²) in [4.78, 5) is 30.2. The second-order valence-electron chi connectivity index (χ2n) is 9.17. The molecule has 0 radical (unpaired) electrons. The van der Waals surface area contributed by atoms with E-state index >= 15 is 0 Å². The molecular formula is C26H30ClFN2O3. The molecule has 2 saturated heterocycles. The van der Waals surface area contributed by atoms with Gasteiger partial charge < -0.3 is 14.5 Å². The summed E-state index contributed by atoms with van der Waals surface area (Å²) in [6.07, 6.45) is 5.09. The minimum absolute atomic E-state index is 0.115. The summed E-state index contributed by atoms with van der Waals surface area (Å²) in [7, 11) is 0. The number of carbonyl (C=O) groups excluding carboxylic acids is 2. The van der Waals surface area contributed by atoms with Gasteiger partial charge in [0.2, 0.25) is 5.91 Å². The third-order valence-corrected chi connectivity index (χ3v) is 6.98. The van der Waals surface area contributed by atoms with Crippen LogP contribution in [0.2, 0.25) is 5.02 Å². The van der Waals surface area contributed by atoms with E-state index in [2.05, 4.69) is 0 Å². The van der Waals surface area contributed by atoms with Crippen LogP contribution in [0.4, 0.5) is 4.39 Å². The van der Waals surface area contributed by atoms with Crippen LogP contribution in [0.25, 0.3) is 0 Å². The first kappa shape index (κ1) is 23.6. The molecule has 1 atom stereocenters. The Morgan fingerprint density at radius 3 is 2.36 bits per heavy atom. The molecule has 4 rings (SSSR count). The number of hydrogen-bond donors (Lipinski definition) is 0. The van der Waals surface area contributed by atoms with Gasteiger partial charge in [0.25, 0.3) is 5.91 Å². The fraction of sp³-hybridized carbons (Fsp3) is 0.462. The highest BCUT2D eigenvalue weighted by atomic mass is 35.5. The van der Waals surface area contributed by atoms with Crippen LogP contribution in [-0.4, -0.2) is 54.4 Å². The number of nitrogens with zero attached hydrogens (tertiary/aromatic N) is 2. The average molecular weight is 473 g/mol. The maximum absolute atomic E-state index is 13.3. The normalized spacial score (nSPS) is 21.0. The van der Waals surface area contributed by atoms with E-state index < -0.39 is 5.41 Å². The minimum Gasteiger partial charge on any atom is -0.493 e. The molecule has 176 valence electrons. The summed E-state index contributed by atoms with van der Waals surface area (Å²) in [6, 6.07) is 12.9. The van der Waals surface area contributed by atoms with Crippen LogP contribution < -0.4 is 4.74 Å². The Morgan fingerprint density at radius 2 is 1.64 bits per heavy atom. The van der Waals surface area contributed by atoms with Crippen molar-refractivity contribution in [3.05, 3.63) is 64.9 Å². The quantitative estimate of drug-likeness (QED) is 0.581. The van der Waals surface area contributed by atoms with E-state index in [1.165, 1.54) is 12.1 Å². The molecule has 0 aromatic heterocycles. The number of ether oxygens (including phenoxy) is 1. The van der Waals surface area contributed by atoms with Crippen molar-refractivity contribution in [1.82, 2.24) is 9.80 Å². The molecule has 2 aliphatic rings. The average Bonchev–Trinajstić information content (AvgIpc) is 2.84. The van der Waals surface area contributed by atoms with Crippen molar-refractivity contribution in [2.45, 2.75) is 38.5 Å². The van der Waals surface area contributed by atoms with E-state index in [0.717, 1.165) is 45.2 Å². The van der Waals surface area contributed by atoms with Crippen LogP contribution in [0, 0.1) is 11.2 Å². The van der Waals surface area contributed by atoms with Crippen molar-refractivity contribution >= 4 is 23.4 Å². The Hall–Kier alpha value is -2.60. The highest BCUT2D eigenvalue weighted by Gasteiger charge is 2.41. The van der Waals surface area contributed by atoms with Gasteiger partial charge in [-0.3, -0.25) is 9.59 Å². The van der Waals surface area contributed by atoms with Gasteiger partial charge in [-0.05, 0) is 68.5 Å². The number of amides is 2. The summed E-state index contributed by atoms with van der Waals surface area (Å²) in [5, 5.41) is 0.422. The third-order valence-electron chi connectivity index (χ3n) is 6.65. The zero-order valence-corrected chi connectivity index (χ0v) is 19.5. The van der Waals surface area contributed by atoms with Gasteiger partial charge in [-0.2, -0.15) is 0 Å². The van der Waals surface area contributed by atoms with Crippen LogP contribution in [-0.2, 0) is 4.79 Å². The lowest BCUT2D eigenvalue weighted by molar-refractivity contribution is -0.136. The Morgan fingerprint density at radius 1 is 0.939 bits per heavy atom. The van der Waals surface area contributed by atoms with Gasteiger partial charge in [-0.25, -0.2) is 4.39 Å². The molecule has 2 aliphatic heterocycles. The Labute approximate surface area is 199 Å². The van der Waals surface area contributed by atoms with E-state index in [0.29, 0.717) is 35.8 Å². The van der Waals surface area contributed by atoms with Gasteiger partial charge in [0.1, 0.15) is 11.6 Å². The molecule has 2 amide bonds. The molecular weight excluding hydrogens is 443 g/mol. The lowest BCUT2D eigenvalue weighted by Gasteiger charge is -2.43. The standard InChI is InChI=1S/C26H30ClFN2O3/c27-23-8-3-2-7-22(23)25(32)30-16-6-13-26(18-30,17-24(31)29-14-4-1-5-15-29)19-33-21-11-9-20(28)10-12-21/h2-3,7-12H,1,4-6,13-19H2/t26-/m0/s1. The number of carbonyl (C=O) groups is 2. The molecule has 7 heteroatoms. The smallest absolute Gasteiger partial charge is 0.255 e. The van der Waals surface area contributed by atoms with Crippen molar-refractivity contribution in [2.24, 2.45) is 5.41 Å². The largest absolute Gasteiger partial charge is 0.493 e. The Kier molecular flexibility index (Phi) is 7.53. The molecule has 0 unspecified atom stereocenters. The van der Waals surface area contributed by atoms with Crippen molar-refractivity contribution in [2.75, 3.05) is 32.8 Å². The van der Waals surface area contributed by atoms with E-state index in [-0.39, 0.29) is 24.2 Å². The molecule has 2 aromatic rings. The fourth-order valence-corrected chi connectivity index (χ4v) is 5.06. The molecule has 0 bridgehead atoms. The van der Waals surface area contributed by atoms with Gasteiger partial charge in [0.05, 0.1) is 17.2 Å². The van der Waals surface area contributed by atoms with E-state index in [1.807, 2.05) is 4.90 Å². The predicted octanol–water partition coefficient (Wildman–Crippen LogP) is 5.18. The first-order valence-corrected chi connectivity index (χ1v) is 12.0. The fourth-order valence-electron chi connectivity index (χ4n) is 4.84. The molecule has 2 aromatic carbocycles. The first-order valence-electron chi connectivity index (χ1n) is 11.7. The third kappa shape index (κ3) is 5.85. The monoisotopic (exact) mass is 472 g/mol. The number of piperidine rings is 2. The molecule has 2 heterocycles. The highest BCUT2D eigenvalue weighted by molar-refractivity contribution is 6.33. The van der Waals surface area contributed by atoms with Gasteiger partial charge in [-0.1, -0.05) is 23.7 Å².